The minimum atomic E-state index is -0.344. The lowest BCUT2D eigenvalue weighted by Gasteiger charge is -2.05. The normalized spacial score (nSPS) is 10.1. The first kappa shape index (κ1) is 10.2. The number of aromatic nitrogens is 1. The van der Waals surface area contributed by atoms with Crippen LogP contribution in [-0.2, 0) is 4.79 Å². The highest BCUT2D eigenvalue weighted by molar-refractivity contribution is 6.05. The van der Waals surface area contributed by atoms with E-state index in [9.17, 15) is 9.59 Å². The van der Waals surface area contributed by atoms with E-state index in [0.717, 1.165) is 10.9 Å². The third-order valence-corrected chi connectivity index (χ3v) is 2.18. The molecule has 0 saturated carbocycles. The number of benzene rings is 1. The van der Waals surface area contributed by atoms with Crippen LogP contribution in [0, 0.1) is 0 Å². The monoisotopic (exact) mass is 217 g/mol. The van der Waals surface area contributed by atoms with E-state index in [2.05, 4.69) is 15.8 Å². The largest absolute Gasteiger partial charge is 0.361 e. The molecule has 82 valence electrons. The van der Waals surface area contributed by atoms with Gasteiger partial charge in [-0.25, -0.2) is 0 Å². The molecule has 3 N–H and O–H groups in total. The highest BCUT2D eigenvalue weighted by Gasteiger charge is 2.10. The maximum absolute atomic E-state index is 11.7. The van der Waals surface area contributed by atoms with Crippen molar-refractivity contribution in [3.05, 3.63) is 36.0 Å². The van der Waals surface area contributed by atoms with Crippen LogP contribution in [0.2, 0.25) is 0 Å². The van der Waals surface area contributed by atoms with Crippen molar-refractivity contribution in [3.63, 3.8) is 0 Å². The molecule has 0 atom stereocenters. The van der Waals surface area contributed by atoms with Gasteiger partial charge in [0.2, 0.25) is 5.91 Å². The summed E-state index contributed by atoms with van der Waals surface area (Å²) in [6, 6.07) is 7.26. The highest BCUT2D eigenvalue weighted by atomic mass is 16.2. The number of hydrogen-bond donors (Lipinski definition) is 3. The van der Waals surface area contributed by atoms with Crippen molar-refractivity contribution in [2.24, 2.45) is 0 Å². The minimum Gasteiger partial charge on any atom is -0.361 e. The Kier molecular flexibility index (Phi) is 2.59. The van der Waals surface area contributed by atoms with Crippen LogP contribution in [0.1, 0.15) is 17.3 Å². The lowest BCUT2D eigenvalue weighted by molar-refractivity contribution is -0.119. The summed E-state index contributed by atoms with van der Waals surface area (Å²) in [6.45, 7) is 1.33. The van der Waals surface area contributed by atoms with Gasteiger partial charge >= 0.3 is 0 Å². The van der Waals surface area contributed by atoms with Crippen molar-refractivity contribution in [3.8, 4) is 0 Å². The zero-order valence-corrected chi connectivity index (χ0v) is 8.70. The minimum absolute atomic E-state index is 0.313. The van der Waals surface area contributed by atoms with Crippen LogP contribution in [-0.4, -0.2) is 16.8 Å². The first-order valence-corrected chi connectivity index (χ1v) is 4.81. The molecule has 5 heteroatoms. The number of fused-ring (bicyclic) bond motifs is 1. The second kappa shape index (κ2) is 4.06. The number of hydrazine groups is 1. The summed E-state index contributed by atoms with van der Waals surface area (Å²) in [5.41, 5.74) is 5.82. The molecule has 0 aliphatic heterocycles. The van der Waals surface area contributed by atoms with E-state index in [0.29, 0.717) is 5.56 Å². The molecule has 0 bridgehead atoms. The van der Waals surface area contributed by atoms with Crippen molar-refractivity contribution >= 4 is 22.7 Å². The van der Waals surface area contributed by atoms with Gasteiger partial charge in [-0.2, -0.15) is 0 Å². The average molecular weight is 217 g/mol. The SMILES string of the molecule is CC(=O)NNC(=O)c1cccc2cc[nH]c12. The summed E-state index contributed by atoms with van der Waals surface area (Å²) >= 11 is 0. The summed E-state index contributed by atoms with van der Waals surface area (Å²) in [6.07, 6.45) is 1.76. The number of amides is 2. The third-order valence-electron chi connectivity index (χ3n) is 2.18. The van der Waals surface area contributed by atoms with Crippen molar-refractivity contribution < 1.29 is 9.59 Å². The lowest BCUT2D eigenvalue weighted by Crippen LogP contribution is -2.40. The number of aromatic amines is 1. The van der Waals surface area contributed by atoms with Gasteiger partial charge in [-0.1, -0.05) is 12.1 Å². The van der Waals surface area contributed by atoms with Crippen LogP contribution in [0.15, 0.2) is 30.5 Å². The Bertz CT molecular complexity index is 545. The number of para-hydroxylation sites is 1. The number of nitrogens with one attached hydrogen (secondary N) is 3. The van der Waals surface area contributed by atoms with Crippen LogP contribution < -0.4 is 10.9 Å². The lowest BCUT2D eigenvalue weighted by atomic mass is 10.1. The van der Waals surface area contributed by atoms with Crippen LogP contribution in [0.3, 0.4) is 0 Å². The summed E-state index contributed by atoms with van der Waals surface area (Å²) in [4.78, 5) is 25.4. The van der Waals surface area contributed by atoms with Crippen LogP contribution in [0.5, 0.6) is 0 Å². The van der Waals surface area contributed by atoms with E-state index in [1.165, 1.54) is 6.92 Å². The van der Waals surface area contributed by atoms with Gasteiger partial charge in [-0.3, -0.25) is 20.4 Å². The molecule has 0 radical (unpaired) electrons. The molecule has 0 unspecified atom stereocenters. The Labute approximate surface area is 91.8 Å². The van der Waals surface area contributed by atoms with Crippen LogP contribution in [0.4, 0.5) is 0 Å². The highest BCUT2D eigenvalue weighted by Crippen LogP contribution is 2.16. The second-order valence-electron chi connectivity index (χ2n) is 3.38. The number of hydrogen-bond acceptors (Lipinski definition) is 2. The topological polar surface area (TPSA) is 74.0 Å². The molecule has 16 heavy (non-hydrogen) atoms. The predicted molar refractivity (Wildman–Crippen MR) is 59.6 cm³/mol. The number of rotatable bonds is 1. The summed E-state index contributed by atoms with van der Waals surface area (Å²) < 4.78 is 0. The quantitative estimate of drug-likeness (QED) is 0.622. The first-order valence-electron chi connectivity index (χ1n) is 4.81. The van der Waals surface area contributed by atoms with Gasteiger partial charge in [0.15, 0.2) is 0 Å². The molecule has 2 aromatic rings. The predicted octanol–water partition coefficient (Wildman–Crippen LogP) is 0.949. The van der Waals surface area contributed by atoms with Crippen molar-refractivity contribution in [1.29, 1.82) is 0 Å². The molecule has 0 spiro atoms. The van der Waals surface area contributed by atoms with Gasteiger partial charge in [-0.05, 0) is 12.1 Å². The number of carbonyl (C=O) groups is 2. The van der Waals surface area contributed by atoms with E-state index in [-0.39, 0.29) is 11.8 Å². The molecule has 1 heterocycles. The van der Waals surface area contributed by atoms with E-state index in [1.807, 2.05) is 12.1 Å². The van der Waals surface area contributed by atoms with E-state index in [1.54, 1.807) is 18.3 Å². The second-order valence-corrected chi connectivity index (χ2v) is 3.38. The Morgan fingerprint density at radius 3 is 2.75 bits per heavy atom. The zero-order valence-electron chi connectivity index (χ0n) is 8.70. The zero-order chi connectivity index (χ0) is 11.5. The van der Waals surface area contributed by atoms with Gasteiger partial charge in [0.05, 0.1) is 11.1 Å². The fourth-order valence-corrected chi connectivity index (χ4v) is 1.49. The van der Waals surface area contributed by atoms with Gasteiger partial charge in [0.1, 0.15) is 0 Å². The number of H-pyrrole nitrogens is 1. The Morgan fingerprint density at radius 2 is 2.00 bits per heavy atom. The molecule has 5 nitrogen and oxygen atoms in total. The van der Waals surface area contributed by atoms with Gasteiger partial charge in [0.25, 0.3) is 5.91 Å². The molecular formula is C11H11N3O2. The maximum atomic E-state index is 11.7. The van der Waals surface area contributed by atoms with Crippen LogP contribution >= 0.6 is 0 Å². The van der Waals surface area contributed by atoms with Gasteiger partial charge < -0.3 is 4.98 Å². The molecule has 0 aliphatic carbocycles. The van der Waals surface area contributed by atoms with E-state index >= 15 is 0 Å². The summed E-state index contributed by atoms with van der Waals surface area (Å²) in [5.74, 6) is -0.657. The Morgan fingerprint density at radius 1 is 1.19 bits per heavy atom. The molecule has 0 aliphatic rings. The molecule has 0 fully saturated rings. The summed E-state index contributed by atoms with van der Waals surface area (Å²) in [5, 5.41) is 0.954. The molecule has 2 rings (SSSR count). The molecule has 2 amide bonds. The van der Waals surface area contributed by atoms with Crippen molar-refractivity contribution in [2.75, 3.05) is 0 Å². The molecule has 1 aromatic carbocycles. The average Bonchev–Trinajstić information content (AvgIpc) is 2.73. The van der Waals surface area contributed by atoms with E-state index in [4.69, 9.17) is 0 Å². The van der Waals surface area contributed by atoms with Crippen molar-refractivity contribution in [2.45, 2.75) is 6.92 Å². The first-order chi connectivity index (χ1) is 7.68. The third kappa shape index (κ3) is 1.88. The Balaban J connectivity index is 2.29. The molecule has 0 saturated heterocycles. The fraction of sp³-hybridized carbons (Fsp3) is 0.0909. The molecule has 1 aromatic heterocycles. The van der Waals surface area contributed by atoms with Crippen LogP contribution in [0.25, 0.3) is 10.9 Å². The maximum Gasteiger partial charge on any atom is 0.271 e. The van der Waals surface area contributed by atoms with Gasteiger partial charge in [0, 0.05) is 18.5 Å². The Hall–Kier alpha value is -2.30. The molecular weight excluding hydrogens is 206 g/mol. The standard InChI is InChI=1S/C11H11N3O2/c1-7(15)13-14-11(16)9-4-2-3-8-5-6-12-10(8)9/h2-6,12H,1H3,(H,13,15)(H,14,16). The number of carbonyl (C=O) groups excluding carboxylic acids is 2. The van der Waals surface area contributed by atoms with Gasteiger partial charge in [-0.15, -0.1) is 0 Å². The van der Waals surface area contributed by atoms with Crippen molar-refractivity contribution in [1.82, 2.24) is 15.8 Å². The smallest absolute Gasteiger partial charge is 0.271 e. The fourth-order valence-electron chi connectivity index (χ4n) is 1.49. The summed E-state index contributed by atoms with van der Waals surface area (Å²) in [7, 11) is 0. The van der Waals surface area contributed by atoms with E-state index < -0.39 is 0 Å².